The smallest absolute Gasteiger partial charge is 0.367 e. The second kappa shape index (κ2) is 8.35. The van der Waals surface area contributed by atoms with Crippen molar-refractivity contribution < 1.29 is 22.5 Å². The van der Waals surface area contributed by atoms with Crippen LogP contribution in [0.5, 0.6) is 0 Å². The summed E-state index contributed by atoms with van der Waals surface area (Å²) in [5, 5.41) is 11.7. The van der Waals surface area contributed by atoms with Crippen molar-refractivity contribution in [2.24, 2.45) is 5.92 Å². The Balaban J connectivity index is 1.25. The molecule has 0 aliphatic heterocycles. The van der Waals surface area contributed by atoms with E-state index in [0.29, 0.717) is 41.7 Å². The lowest BCUT2D eigenvalue weighted by Crippen LogP contribution is -2.42. The van der Waals surface area contributed by atoms with Gasteiger partial charge < -0.3 is 15.2 Å². The molecule has 3 heterocycles. The standard InChI is InChI=1S/C22H19F3N6O2S/c1-10-17(22(23,24)25)34-21(27-10)30-20(32)14-7-15(8-14)29-19-16-9-13(18-28-11(2)33-31-18)4-3-12(16)5-6-26-19/h3-6,9,14-15H,7-8H2,1-2H3,(H,26,29)(H,27,30,32). The maximum Gasteiger partial charge on any atom is 0.427 e. The predicted octanol–water partition coefficient (Wildman–Crippen LogP) is 5.21. The summed E-state index contributed by atoms with van der Waals surface area (Å²) in [6.07, 6.45) is -1.72. The van der Waals surface area contributed by atoms with Gasteiger partial charge in [-0.15, -0.1) is 0 Å². The number of pyridine rings is 1. The molecule has 1 aromatic carbocycles. The first-order chi connectivity index (χ1) is 16.2. The van der Waals surface area contributed by atoms with Gasteiger partial charge in [0.05, 0.1) is 5.69 Å². The molecule has 4 aromatic rings. The number of rotatable bonds is 5. The zero-order chi connectivity index (χ0) is 24.0. The summed E-state index contributed by atoms with van der Waals surface area (Å²) >= 11 is 0.442. The Morgan fingerprint density at radius 1 is 1.18 bits per heavy atom. The number of nitrogens with one attached hydrogen (secondary N) is 2. The van der Waals surface area contributed by atoms with Crippen molar-refractivity contribution in [2.75, 3.05) is 10.6 Å². The zero-order valence-electron chi connectivity index (χ0n) is 18.1. The maximum atomic E-state index is 13.0. The lowest BCUT2D eigenvalue weighted by Gasteiger charge is -2.35. The number of aromatic nitrogens is 4. The van der Waals surface area contributed by atoms with Crippen LogP contribution in [-0.2, 0) is 11.0 Å². The molecular weight excluding hydrogens is 469 g/mol. The van der Waals surface area contributed by atoms with Crippen LogP contribution in [0.15, 0.2) is 35.0 Å². The highest BCUT2D eigenvalue weighted by Crippen LogP contribution is 2.39. The average Bonchev–Trinajstić information content (AvgIpc) is 3.35. The second-order valence-electron chi connectivity index (χ2n) is 8.16. The topological polar surface area (TPSA) is 106 Å². The van der Waals surface area contributed by atoms with Crippen molar-refractivity contribution in [2.45, 2.75) is 38.9 Å². The fraction of sp³-hybridized carbons (Fsp3) is 0.318. The van der Waals surface area contributed by atoms with E-state index in [1.165, 1.54) is 6.92 Å². The lowest BCUT2D eigenvalue weighted by atomic mass is 9.79. The monoisotopic (exact) mass is 488 g/mol. The summed E-state index contributed by atoms with van der Waals surface area (Å²) in [6, 6.07) is 7.69. The largest absolute Gasteiger partial charge is 0.427 e. The van der Waals surface area contributed by atoms with Crippen molar-refractivity contribution in [3.05, 3.63) is 46.9 Å². The molecule has 12 heteroatoms. The number of hydrogen-bond donors (Lipinski definition) is 2. The molecule has 1 aliphatic carbocycles. The Labute approximate surface area is 195 Å². The molecule has 0 spiro atoms. The summed E-state index contributed by atoms with van der Waals surface area (Å²) in [4.78, 5) is 24.2. The number of thiazole rings is 1. The molecule has 34 heavy (non-hydrogen) atoms. The van der Waals surface area contributed by atoms with Crippen molar-refractivity contribution >= 4 is 39.0 Å². The Bertz CT molecular complexity index is 1380. The number of alkyl halides is 3. The van der Waals surface area contributed by atoms with Gasteiger partial charge in [0.15, 0.2) is 5.13 Å². The van der Waals surface area contributed by atoms with Gasteiger partial charge in [-0.05, 0) is 37.3 Å². The van der Waals surface area contributed by atoms with Crippen LogP contribution in [0, 0.1) is 19.8 Å². The number of aryl methyl sites for hydroxylation is 2. The van der Waals surface area contributed by atoms with Crippen LogP contribution in [0.1, 0.15) is 29.3 Å². The lowest BCUT2D eigenvalue weighted by molar-refractivity contribution is -0.135. The zero-order valence-corrected chi connectivity index (χ0v) is 18.9. The van der Waals surface area contributed by atoms with Gasteiger partial charge in [-0.25, -0.2) is 9.97 Å². The first-order valence-electron chi connectivity index (χ1n) is 10.5. The third kappa shape index (κ3) is 4.32. The van der Waals surface area contributed by atoms with Gasteiger partial charge in [-0.1, -0.05) is 28.6 Å². The van der Waals surface area contributed by atoms with Crippen molar-refractivity contribution in [1.29, 1.82) is 0 Å². The summed E-state index contributed by atoms with van der Waals surface area (Å²) < 4.78 is 43.9. The van der Waals surface area contributed by atoms with Crippen LogP contribution < -0.4 is 10.6 Å². The SMILES string of the molecule is Cc1nc(-c2ccc3ccnc(NC4CC(C(=O)Nc5nc(C)c(C(F)(F)F)s5)C4)c3c2)no1. The summed E-state index contributed by atoms with van der Waals surface area (Å²) in [7, 11) is 0. The Morgan fingerprint density at radius 2 is 1.97 bits per heavy atom. The third-order valence-electron chi connectivity index (χ3n) is 5.69. The van der Waals surface area contributed by atoms with Gasteiger partial charge >= 0.3 is 6.18 Å². The van der Waals surface area contributed by atoms with Crippen LogP contribution in [0.4, 0.5) is 24.1 Å². The van der Waals surface area contributed by atoms with Crippen LogP contribution >= 0.6 is 11.3 Å². The second-order valence-corrected chi connectivity index (χ2v) is 9.16. The van der Waals surface area contributed by atoms with E-state index in [2.05, 4.69) is 30.7 Å². The highest BCUT2D eigenvalue weighted by molar-refractivity contribution is 7.16. The molecule has 1 amide bonds. The molecule has 0 unspecified atom stereocenters. The molecule has 2 N–H and O–H groups in total. The van der Waals surface area contributed by atoms with Gasteiger partial charge in [-0.3, -0.25) is 4.79 Å². The minimum Gasteiger partial charge on any atom is -0.367 e. The molecule has 1 aliphatic rings. The Morgan fingerprint density at radius 3 is 2.65 bits per heavy atom. The highest BCUT2D eigenvalue weighted by atomic mass is 32.1. The molecule has 0 bridgehead atoms. The number of benzene rings is 1. The minimum atomic E-state index is -4.48. The molecule has 1 fully saturated rings. The maximum absolute atomic E-state index is 13.0. The van der Waals surface area contributed by atoms with Crippen molar-refractivity contribution in [3.63, 3.8) is 0 Å². The Kier molecular flexibility index (Phi) is 5.47. The number of nitrogens with zero attached hydrogens (tertiary/aromatic N) is 4. The number of anilines is 2. The molecule has 8 nitrogen and oxygen atoms in total. The quantitative estimate of drug-likeness (QED) is 0.397. The molecule has 5 rings (SSSR count). The number of halogens is 3. The summed E-state index contributed by atoms with van der Waals surface area (Å²) in [6.45, 7) is 3.00. The van der Waals surface area contributed by atoms with E-state index in [4.69, 9.17) is 4.52 Å². The number of carbonyl (C=O) groups excluding carboxylic acids is 1. The predicted molar refractivity (Wildman–Crippen MR) is 120 cm³/mol. The van der Waals surface area contributed by atoms with Gasteiger partial charge in [0, 0.05) is 36.0 Å². The van der Waals surface area contributed by atoms with E-state index in [0.717, 1.165) is 16.3 Å². The Hall–Kier alpha value is -3.54. The molecular formula is C22H19F3N6O2S. The van der Waals surface area contributed by atoms with E-state index in [9.17, 15) is 18.0 Å². The van der Waals surface area contributed by atoms with E-state index >= 15 is 0 Å². The fourth-order valence-electron chi connectivity index (χ4n) is 3.90. The summed E-state index contributed by atoms with van der Waals surface area (Å²) in [5.41, 5.74) is 0.654. The van der Waals surface area contributed by atoms with Gasteiger partial charge in [0.1, 0.15) is 10.7 Å². The van der Waals surface area contributed by atoms with Crippen molar-refractivity contribution in [1.82, 2.24) is 20.1 Å². The van der Waals surface area contributed by atoms with Gasteiger partial charge in [0.25, 0.3) is 0 Å². The van der Waals surface area contributed by atoms with Crippen LogP contribution in [0.2, 0.25) is 0 Å². The number of carbonyl (C=O) groups is 1. The van der Waals surface area contributed by atoms with E-state index < -0.39 is 11.1 Å². The summed E-state index contributed by atoms with van der Waals surface area (Å²) in [5.74, 6) is 0.987. The third-order valence-corrected chi connectivity index (χ3v) is 6.80. The molecule has 1 saturated carbocycles. The van der Waals surface area contributed by atoms with Crippen LogP contribution in [0.25, 0.3) is 22.2 Å². The highest BCUT2D eigenvalue weighted by Gasteiger charge is 2.38. The van der Waals surface area contributed by atoms with Crippen LogP contribution in [-0.4, -0.2) is 32.1 Å². The average molecular weight is 488 g/mol. The van der Waals surface area contributed by atoms with E-state index in [1.807, 2.05) is 24.3 Å². The molecule has 3 aromatic heterocycles. The number of fused-ring (bicyclic) bond motifs is 1. The normalized spacial score (nSPS) is 18.0. The molecule has 176 valence electrons. The molecule has 0 radical (unpaired) electrons. The van der Waals surface area contributed by atoms with E-state index in [1.54, 1.807) is 13.1 Å². The minimum absolute atomic E-state index is 0.00805. The van der Waals surface area contributed by atoms with Crippen LogP contribution in [0.3, 0.4) is 0 Å². The first-order valence-corrected chi connectivity index (χ1v) is 11.3. The first kappa shape index (κ1) is 22.3. The van der Waals surface area contributed by atoms with E-state index in [-0.39, 0.29) is 28.7 Å². The van der Waals surface area contributed by atoms with Crippen molar-refractivity contribution in [3.8, 4) is 11.4 Å². The fourth-order valence-corrected chi connectivity index (χ4v) is 4.74. The number of hydrogen-bond acceptors (Lipinski definition) is 8. The molecule has 0 atom stereocenters. The number of amides is 1. The van der Waals surface area contributed by atoms with Gasteiger partial charge in [0.2, 0.25) is 17.6 Å². The molecule has 0 saturated heterocycles. The van der Waals surface area contributed by atoms with Gasteiger partial charge in [-0.2, -0.15) is 18.2 Å².